The Morgan fingerprint density at radius 2 is 2.23 bits per heavy atom. The van der Waals surface area contributed by atoms with Gasteiger partial charge in [0, 0.05) is 32.5 Å². The summed E-state index contributed by atoms with van der Waals surface area (Å²) in [5.74, 6) is 0.0426. The minimum atomic E-state index is -0.336. The first kappa shape index (κ1) is 18.7. The van der Waals surface area contributed by atoms with E-state index in [2.05, 4.69) is 16.3 Å². The Morgan fingerprint density at radius 3 is 3.04 bits per heavy atom. The highest BCUT2D eigenvalue weighted by Crippen LogP contribution is 2.30. The van der Waals surface area contributed by atoms with E-state index >= 15 is 0 Å². The molecule has 1 aromatic carbocycles. The third-order valence-corrected chi connectivity index (χ3v) is 5.54. The van der Waals surface area contributed by atoms with E-state index in [9.17, 15) is 9.59 Å². The molecule has 0 saturated heterocycles. The van der Waals surface area contributed by atoms with Crippen molar-refractivity contribution in [2.45, 2.75) is 43.1 Å². The number of H-pyrrole nitrogens is 1. The highest BCUT2D eigenvalue weighted by molar-refractivity contribution is 8.00. The van der Waals surface area contributed by atoms with Crippen LogP contribution in [-0.4, -0.2) is 46.2 Å². The molecule has 0 fully saturated rings. The summed E-state index contributed by atoms with van der Waals surface area (Å²) in [5.41, 5.74) is 1.95. The summed E-state index contributed by atoms with van der Waals surface area (Å²) in [7, 11) is 1.63. The number of fused-ring (bicyclic) bond motifs is 1. The van der Waals surface area contributed by atoms with Crippen LogP contribution in [0.25, 0.3) is 0 Å². The van der Waals surface area contributed by atoms with Gasteiger partial charge in [-0.25, -0.2) is 9.89 Å². The molecule has 140 valence electrons. The van der Waals surface area contributed by atoms with Crippen LogP contribution in [0.15, 0.2) is 34.2 Å². The number of thioether (sulfide) groups is 1. The predicted octanol–water partition coefficient (Wildman–Crippen LogP) is 2.07. The summed E-state index contributed by atoms with van der Waals surface area (Å²) >= 11 is 1.31. The van der Waals surface area contributed by atoms with Crippen LogP contribution in [0.4, 0.5) is 5.69 Å². The van der Waals surface area contributed by atoms with Gasteiger partial charge < -0.3 is 9.64 Å². The number of methoxy groups -OCH3 is 1. The number of aromatic amines is 1. The number of benzene rings is 1. The van der Waals surface area contributed by atoms with E-state index in [4.69, 9.17) is 4.74 Å². The molecule has 26 heavy (non-hydrogen) atoms. The first-order valence-electron chi connectivity index (χ1n) is 8.82. The molecule has 1 unspecified atom stereocenters. The van der Waals surface area contributed by atoms with Gasteiger partial charge >= 0.3 is 5.69 Å². The van der Waals surface area contributed by atoms with E-state index in [-0.39, 0.29) is 16.8 Å². The average Bonchev–Trinajstić information content (AvgIpc) is 3.00. The fourth-order valence-electron chi connectivity index (χ4n) is 3.15. The molecule has 1 aromatic heterocycles. The Bertz CT molecular complexity index is 817. The molecule has 1 atom stereocenters. The van der Waals surface area contributed by atoms with Crippen molar-refractivity contribution in [3.05, 3.63) is 40.3 Å². The van der Waals surface area contributed by atoms with Crippen LogP contribution in [0.5, 0.6) is 0 Å². The van der Waals surface area contributed by atoms with Gasteiger partial charge in [0.2, 0.25) is 5.91 Å². The first-order valence-corrected chi connectivity index (χ1v) is 9.70. The van der Waals surface area contributed by atoms with E-state index in [1.54, 1.807) is 11.7 Å². The van der Waals surface area contributed by atoms with Crippen molar-refractivity contribution in [2.24, 2.45) is 0 Å². The average molecular weight is 376 g/mol. The van der Waals surface area contributed by atoms with Crippen LogP contribution in [-0.2, 0) is 22.5 Å². The van der Waals surface area contributed by atoms with E-state index < -0.39 is 0 Å². The Balaban J connectivity index is 1.72. The van der Waals surface area contributed by atoms with Gasteiger partial charge in [-0.3, -0.25) is 9.36 Å². The smallest absolute Gasteiger partial charge is 0.343 e. The predicted molar refractivity (Wildman–Crippen MR) is 102 cm³/mol. The van der Waals surface area contributed by atoms with Crippen LogP contribution in [0, 0.1) is 0 Å². The number of nitrogens with zero attached hydrogens (tertiary/aromatic N) is 3. The molecule has 3 rings (SSSR count). The third kappa shape index (κ3) is 4.02. The maximum atomic E-state index is 13.0. The third-order valence-electron chi connectivity index (χ3n) is 4.46. The highest BCUT2D eigenvalue weighted by atomic mass is 32.2. The molecular weight excluding hydrogens is 352 g/mol. The molecule has 2 aromatic rings. The number of anilines is 1. The van der Waals surface area contributed by atoms with Crippen LogP contribution in [0.1, 0.15) is 25.3 Å². The van der Waals surface area contributed by atoms with Gasteiger partial charge in [-0.15, -0.1) is 5.10 Å². The molecule has 0 saturated carbocycles. The zero-order chi connectivity index (χ0) is 18.5. The Labute approximate surface area is 156 Å². The van der Waals surface area contributed by atoms with Crippen LogP contribution >= 0.6 is 11.8 Å². The van der Waals surface area contributed by atoms with Gasteiger partial charge in [-0.1, -0.05) is 30.0 Å². The Kier molecular flexibility index (Phi) is 6.16. The van der Waals surface area contributed by atoms with Crippen molar-refractivity contribution >= 4 is 23.4 Å². The topological polar surface area (TPSA) is 80.2 Å². The highest BCUT2D eigenvalue weighted by Gasteiger charge is 2.28. The maximum absolute atomic E-state index is 13.0. The fourth-order valence-corrected chi connectivity index (χ4v) is 4.09. The standard InChI is InChI=1S/C18H24N4O3S/c1-13(26-18-20-19-17(24)22(18)11-6-12-25-2)16(23)21-10-5-8-14-7-3-4-9-15(14)21/h3-4,7,9,13H,5-6,8,10-12H2,1-2H3,(H,19,24). The maximum Gasteiger partial charge on any atom is 0.343 e. The quantitative estimate of drug-likeness (QED) is 0.591. The Morgan fingerprint density at radius 1 is 1.42 bits per heavy atom. The largest absolute Gasteiger partial charge is 0.385 e. The molecule has 7 nitrogen and oxygen atoms in total. The number of hydrogen-bond acceptors (Lipinski definition) is 5. The van der Waals surface area contributed by atoms with Crippen LogP contribution < -0.4 is 10.6 Å². The fraction of sp³-hybridized carbons (Fsp3) is 0.500. The van der Waals surface area contributed by atoms with Gasteiger partial charge in [-0.05, 0) is 37.8 Å². The molecule has 0 bridgehead atoms. The van der Waals surface area contributed by atoms with Crippen molar-refractivity contribution in [2.75, 3.05) is 25.2 Å². The SMILES string of the molecule is COCCCn1c(SC(C)C(=O)N2CCCc3ccccc32)n[nH]c1=O. The number of hydrogen-bond donors (Lipinski definition) is 1. The normalized spacial score (nSPS) is 14.9. The number of carbonyl (C=O) groups excluding carboxylic acids is 1. The van der Waals surface area contributed by atoms with Crippen LogP contribution in [0.3, 0.4) is 0 Å². The van der Waals surface area contributed by atoms with Gasteiger partial charge in [0.25, 0.3) is 0 Å². The van der Waals surface area contributed by atoms with Crippen molar-refractivity contribution < 1.29 is 9.53 Å². The summed E-state index contributed by atoms with van der Waals surface area (Å²) in [5, 5.41) is 6.76. The van der Waals surface area contributed by atoms with Gasteiger partial charge in [0.1, 0.15) is 0 Å². The van der Waals surface area contributed by atoms with E-state index in [0.29, 0.717) is 24.7 Å². The number of ether oxygens (including phenoxy) is 1. The molecule has 2 heterocycles. The molecule has 0 radical (unpaired) electrons. The molecular formula is C18H24N4O3S. The number of aryl methyl sites for hydroxylation is 1. The summed E-state index contributed by atoms with van der Waals surface area (Å²) in [6.45, 7) is 3.67. The molecule has 1 N–H and O–H groups in total. The lowest BCUT2D eigenvalue weighted by Crippen LogP contribution is -2.40. The molecule has 8 heteroatoms. The summed E-state index contributed by atoms with van der Waals surface area (Å²) < 4.78 is 6.61. The van der Waals surface area contributed by atoms with Gasteiger partial charge in [0.15, 0.2) is 5.16 Å². The van der Waals surface area contributed by atoms with Crippen molar-refractivity contribution in [1.29, 1.82) is 0 Å². The van der Waals surface area contributed by atoms with Crippen LogP contribution in [0.2, 0.25) is 0 Å². The van der Waals surface area contributed by atoms with Crippen molar-refractivity contribution in [3.63, 3.8) is 0 Å². The Hall–Kier alpha value is -2.06. The summed E-state index contributed by atoms with van der Waals surface area (Å²) in [6.07, 6.45) is 2.68. The zero-order valence-electron chi connectivity index (χ0n) is 15.1. The molecule has 1 aliphatic heterocycles. The summed E-state index contributed by atoms with van der Waals surface area (Å²) in [6, 6.07) is 8.05. The van der Waals surface area contributed by atoms with E-state index in [1.807, 2.05) is 30.0 Å². The lowest BCUT2D eigenvalue weighted by Gasteiger charge is -2.31. The number of carbonyl (C=O) groups is 1. The molecule has 1 aliphatic rings. The molecule has 1 amide bonds. The lowest BCUT2D eigenvalue weighted by atomic mass is 10.0. The van der Waals surface area contributed by atoms with Gasteiger partial charge in [-0.2, -0.15) is 0 Å². The summed E-state index contributed by atoms with van der Waals surface area (Å²) in [4.78, 5) is 26.8. The first-order chi connectivity index (χ1) is 12.6. The number of amides is 1. The molecule has 0 aliphatic carbocycles. The second-order valence-corrected chi connectivity index (χ2v) is 7.60. The van der Waals surface area contributed by atoms with Gasteiger partial charge in [0.05, 0.1) is 5.25 Å². The van der Waals surface area contributed by atoms with Crippen molar-refractivity contribution in [1.82, 2.24) is 14.8 Å². The monoisotopic (exact) mass is 376 g/mol. The number of nitrogens with one attached hydrogen (secondary N) is 1. The van der Waals surface area contributed by atoms with E-state index in [0.717, 1.165) is 25.1 Å². The zero-order valence-corrected chi connectivity index (χ0v) is 15.9. The lowest BCUT2D eigenvalue weighted by molar-refractivity contribution is -0.117. The second-order valence-electron chi connectivity index (χ2n) is 6.29. The van der Waals surface area contributed by atoms with E-state index in [1.165, 1.54) is 17.3 Å². The number of rotatable bonds is 7. The van der Waals surface area contributed by atoms with Crippen molar-refractivity contribution in [3.8, 4) is 0 Å². The minimum Gasteiger partial charge on any atom is -0.385 e. The minimum absolute atomic E-state index is 0.0426. The number of para-hydroxylation sites is 1. The number of aromatic nitrogens is 3. The second kappa shape index (κ2) is 8.55. The molecule has 0 spiro atoms.